The first-order chi connectivity index (χ1) is 17.5. The molecule has 2 aromatic carbocycles. The van der Waals surface area contributed by atoms with Gasteiger partial charge in [-0.05, 0) is 42.0 Å². The van der Waals surface area contributed by atoms with Crippen LogP contribution in [0.1, 0.15) is 15.9 Å². The van der Waals surface area contributed by atoms with Gasteiger partial charge < -0.3 is 15.8 Å². The predicted octanol–water partition coefficient (Wildman–Crippen LogP) is 4.15. The lowest BCUT2D eigenvalue weighted by molar-refractivity contribution is -0.274. The molecule has 37 heavy (non-hydrogen) atoms. The van der Waals surface area contributed by atoms with E-state index in [9.17, 15) is 26.4 Å². The highest BCUT2D eigenvalue weighted by molar-refractivity contribution is 7.91. The molecule has 192 valence electrons. The first-order valence-electron chi connectivity index (χ1n) is 10.5. The van der Waals surface area contributed by atoms with E-state index >= 15 is 0 Å². The van der Waals surface area contributed by atoms with Gasteiger partial charge in [-0.25, -0.2) is 13.4 Å². The number of rotatable bonds is 9. The molecule has 0 aliphatic rings. The second kappa shape index (κ2) is 10.2. The summed E-state index contributed by atoms with van der Waals surface area (Å²) in [5, 5.41) is 9.77. The smallest absolute Gasteiger partial charge is 0.406 e. The van der Waals surface area contributed by atoms with E-state index < -0.39 is 33.8 Å². The third-order valence-corrected chi connectivity index (χ3v) is 6.14. The van der Waals surface area contributed by atoms with Crippen LogP contribution in [-0.4, -0.2) is 35.9 Å². The number of aromatic nitrogens is 3. The molecule has 4 rings (SSSR count). The average molecular weight is 533 g/mol. The number of sulfonamides is 1. The summed E-state index contributed by atoms with van der Waals surface area (Å²) < 4.78 is 68.1. The number of nitrogens with one attached hydrogen (secondary N) is 3. The summed E-state index contributed by atoms with van der Waals surface area (Å²) in [6.45, 7) is 0. The largest absolute Gasteiger partial charge is 0.573 e. The minimum atomic E-state index is -4.84. The lowest BCUT2D eigenvalue weighted by Gasteiger charge is -2.11. The number of pyridine rings is 1. The highest BCUT2D eigenvalue weighted by Crippen LogP contribution is 2.29. The van der Waals surface area contributed by atoms with Gasteiger partial charge in [0, 0.05) is 17.4 Å². The third kappa shape index (κ3) is 6.76. The molecule has 0 fully saturated rings. The van der Waals surface area contributed by atoms with Crippen molar-refractivity contribution in [1.82, 2.24) is 15.2 Å². The van der Waals surface area contributed by atoms with E-state index in [0.29, 0.717) is 17.1 Å². The molecule has 0 aliphatic heterocycles. The summed E-state index contributed by atoms with van der Waals surface area (Å²) >= 11 is 0. The Labute approximate surface area is 208 Å². The Morgan fingerprint density at radius 1 is 1.03 bits per heavy atom. The van der Waals surface area contributed by atoms with Crippen LogP contribution in [0.15, 0.2) is 72.9 Å². The topological polar surface area (TPSA) is 152 Å². The molecular weight excluding hydrogens is 513 g/mol. The number of H-pyrrole nitrogens is 1. The molecule has 0 unspecified atom stereocenters. The Kier molecular flexibility index (Phi) is 7.02. The number of nitrogens with zero attached hydrogens (tertiary/aromatic N) is 2. The fourth-order valence-electron chi connectivity index (χ4n) is 3.37. The molecule has 5 N–H and O–H groups in total. The summed E-state index contributed by atoms with van der Waals surface area (Å²) in [5.41, 5.74) is 6.98. The van der Waals surface area contributed by atoms with Gasteiger partial charge in [0.05, 0.1) is 11.4 Å². The quantitative estimate of drug-likeness (QED) is 0.253. The number of anilines is 3. The fraction of sp³-hybridized carbons (Fsp3) is 0.0870. The summed E-state index contributed by atoms with van der Waals surface area (Å²) in [6, 6.07) is 15.8. The van der Waals surface area contributed by atoms with Gasteiger partial charge in [-0.1, -0.05) is 30.3 Å². The first-order valence-corrected chi connectivity index (χ1v) is 12.2. The van der Waals surface area contributed by atoms with E-state index in [0.717, 1.165) is 12.1 Å². The molecule has 2 heterocycles. The highest BCUT2D eigenvalue weighted by Gasteiger charge is 2.31. The Morgan fingerprint density at radius 3 is 2.32 bits per heavy atom. The normalized spacial score (nSPS) is 11.6. The van der Waals surface area contributed by atoms with E-state index in [4.69, 9.17) is 5.73 Å². The van der Waals surface area contributed by atoms with Crippen LogP contribution in [-0.2, 0) is 15.8 Å². The molecule has 0 bridgehead atoms. The molecule has 0 spiro atoms. The minimum absolute atomic E-state index is 0.0944. The number of benzene rings is 2. The van der Waals surface area contributed by atoms with Crippen molar-refractivity contribution in [3.63, 3.8) is 0 Å². The molecule has 1 amide bonds. The number of carbonyl (C=O) groups excluding carboxylic acids is 1. The van der Waals surface area contributed by atoms with Crippen LogP contribution < -0.4 is 20.5 Å². The SMILES string of the molecule is NC(=O)c1c(Nc2ccccn2)n[nH]c1-c1ccc(NS(=O)(=O)Cc2ccc(OC(F)(F)F)cc2)cc1. The number of ether oxygens (including phenoxy) is 1. The molecule has 10 nitrogen and oxygen atoms in total. The summed E-state index contributed by atoms with van der Waals surface area (Å²) in [6.07, 6.45) is -3.27. The Morgan fingerprint density at radius 2 is 1.73 bits per heavy atom. The number of nitrogens with two attached hydrogens (primary N) is 1. The number of hydrogen-bond donors (Lipinski definition) is 4. The van der Waals surface area contributed by atoms with Gasteiger partial charge in [-0.3, -0.25) is 14.6 Å². The molecule has 4 aromatic rings. The number of halogens is 3. The number of alkyl halides is 3. The van der Waals surface area contributed by atoms with E-state index in [-0.39, 0.29) is 22.6 Å². The molecule has 2 aromatic heterocycles. The van der Waals surface area contributed by atoms with Crippen molar-refractivity contribution in [2.45, 2.75) is 12.1 Å². The van der Waals surface area contributed by atoms with Gasteiger partial charge in [0.15, 0.2) is 5.82 Å². The van der Waals surface area contributed by atoms with E-state index in [1.807, 2.05) is 0 Å². The maximum absolute atomic E-state index is 12.5. The zero-order valence-electron chi connectivity index (χ0n) is 18.8. The van der Waals surface area contributed by atoms with Crippen LogP contribution in [0, 0.1) is 0 Å². The van der Waals surface area contributed by atoms with Crippen molar-refractivity contribution >= 4 is 33.3 Å². The Hall–Kier alpha value is -4.59. The number of carbonyl (C=O) groups is 1. The zero-order chi connectivity index (χ0) is 26.6. The van der Waals surface area contributed by atoms with Crippen LogP contribution in [0.5, 0.6) is 5.75 Å². The molecular formula is C23H19F3N6O4S. The van der Waals surface area contributed by atoms with Crippen molar-refractivity contribution in [2.24, 2.45) is 5.73 Å². The number of primary amides is 1. The van der Waals surface area contributed by atoms with Crippen LogP contribution in [0.3, 0.4) is 0 Å². The molecule has 0 saturated carbocycles. The maximum atomic E-state index is 12.5. The number of aromatic amines is 1. The van der Waals surface area contributed by atoms with Gasteiger partial charge in [0.2, 0.25) is 10.0 Å². The summed E-state index contributed by atoms with van der Waals surface area (Å²) in [4.78, 5) is 16.2. The van der Waals surface area contributed by atoms with Crippen molar-refractivity contribution in [1.29, 1.82) is 0 Å². The lowest BCUT2D eigenvalue weighted by atomic mass is 10.1. The van der Waals surface area contributed by atoms with Gasteiger partial charge in [-0.15, -0.1) is 13.2 Å². The molecule has 0 radical (unpaired) electrons. The van der Waals surface area contributed by atoms with Crippen LogP contribution in [0.4, 0.5) is 30.5 Å². The maximum Gasteiger partial charge on any atom is 0.573 e. The zero-order valence-corrected chi connectivity index (χ0v) is 19.6. The van der Waals surface area contributed by atoms with Gasteiger partial charge in [-0.2, -0.15) is 5.10 Å². The van der Waals surface area contributed by atoms with Crippen LogP contribution in [0.2, 0.25) is 0 Å². The van der Waals surface area contributed by atoms with Gasteiger partial charge in [0.25, 0.3) is 5.91 Å². The Balaban J connectivity index is 1.47. The number of amides is 1. The Bertz CT molecular complexity index is 1490. The second-order valence-corrected chi connectivity index (χ2v) is 9.38. The lowest BCUT2D eigenvalue weighted by Crippen LogP contribution is -2.17. The van der Waals surface area contributed by atoms with Gasteiger partial charge >= 0.3 is 6.36 Å². The van der Waals surface area contributed by atoms with E-state index in [1.165, 1.54) is 24.3 Å². The van der Waals surface area contributed by atoms with E-state index in [2.05, 4.69) is 30.0 Å². The highest BCUT2D eigenvalue weighted by atomic mass is 32.2. The molecule has 0 atom stereocenters. The first kappa shape index (κ1) is 25.5. The predicted molar refractivity (Wildman–Crippen MR) is 129 cm³/mol. The second-order valence-electron chi connectivity index (χ2n) is 7.66. The molecule has 0 saturated heterocycles. The van der Waals surface area contributed by atoms with Gasteiger partial charge in [0.1, 0.15) is 17.1 Å². The molecule has 14 heteroatoms. The summed E-state index contributed by atoms with van der Waals surface area (Å²) in [7, 11) is -3.89. The van der Waals surface area contributed by atoms with Crippen molar-refractivity contribution in [2.75, 3.05) is 10.0 Å². The standard InChI is InChI=1S/C23H19F3N6O4S/c24-23(25,26)36-17-10-4-14(5-11-17)13-37(34,35)32-16-8-6-15(7-9-16)20-19(21(27)33)22(31-30-20)29-18-3-1-2-12-28-18/h1-12,32H,13H2,(H2,27,33)(H2,28,29,30,31). The minimum Gasteiger partial charge on any atom is -0.406 e. The van der Waals surface area contributed by atoms with Crippen LogP contribution in [0.25, 0.3) is 11.3 Å². The van der Waals surface area contributed by atoms with E-state index in [1.54, 1.807) is 36.5 Å². The van der Waals surface area contributed by atoms with Crippen molar-refractivity contribution in [3.8, 4) is 17.0 Å². The van der Waals surface area contributed by atoms with Crippen molar-refractivity contribution < 1.29 is 31.1 Å². The fourth-order valence-corrected chi connectivity index (χ4v) is 4.57. The third-order valence-electron chi connectivity index (χ3n) is 4.88. The van der Waals surface area contributed by atoms with Crippen molar-refractivity contribution in [3.05, 3.63) is 84.1 Å². The van der Waals surface area contributed by atoms with Crippen LogP contribution >= 0.6 is 0 Å². The average Bonchev–Trinajstić information content (AvgIpc) is 3.24. The monoisotopic (exact) mass is 532 g/mol. The summed E-state index contributed by atoms with van der Waals surface area (Å²) in [5.74, 6) is -1.04. The molecule has 0 aliphatic carbocycles. The number of hydrogen-bond acceptors (Lipinski definition) is 7.